The molecule has 1 spiro atoms. The summed E-state index contributed by atoms with van der Waals surface area (Å²) in [5, 5.41) is 29.6. The van der Waals surface area contributed by atoms with Gasteiger partial charge in [-0.15, -0.1) is 0 Å². The molecule has 10 nitrogen and oxygen atoms in total. The number of aryl methyl sites for hydroxylation is 1. The van der Waals surface area contributed by atoms with Gasteiger partial charge in [-0.25, -0.2) is 18.4 Å². The monoisotopic (exact) mass is 604 g/mol. The van der Waals surface area contributed by atoms with Crippen molar-refractivity contribution < 1.29 is 46.9 Å². The molecule has 0 aliphatic carbocycles. The van der Waals surface area contributed by atoms with Crippen molar-refractivity contribution in [1.29, 1.82) is 0 Å². The number of fused-ring (bicyclic) bond motifs is 1. The zero-order chi connectivity index (χ0) is 30.6. The molecule has 0 atom stereocenters. The highest BCUT2D eigenvalue weighted by Crippen LogP contribution is 2.44. The molecular weight excluding hydrogens is 583 g/mol. The number of aliphatic carboxylic acids is 1. The molecule has 41 heavy (non-hydrogen) atoms. The van der Waals surface area contributed by atoms with Crippen LogP contribution >= 0.6 is 11.6 Å². The highest BCUT2D eigenvalue weighted by molar-refractivity contribution is 6.38. The topological polar surface area (TPSA) is 158 Å². The molecule has 2 saturated heterocycles. The summed E-state index contributed by atoms with van der Waals surface area (Å²) in [7, 11) is 0. The van der Waals surface area contributed by atoms with Crippen LogP contribution in [-0.4, -0.2) is 63.2 Å². The molecule has 2 aromatic carbocycles. The summed E-state index contributed by atoms with van der Waals surface area (Å²) in [6, 6.07) is 2.23. The number of pyridine rings is 1. The number of carboxylic acid groups (broad SMARTS) is 2. The fraction of sp³-hybridized carbons (Fsp3) is 0.320. The standard InChI is InChI=1S/C23H21ClF2N4O4.C2HF3O2/c1-10-16-19(17(24)20(18(10)26)29-8-23(9-29)2-3-28-23)30(6-12(21(16)32)22(33)34)15-5-14(27)13(25)4-11(15)7-31;3-2(4,5)1(6)7/h4-6,28,31H,2-3,7-9,27H2,1H3,(H,33,34);(H,6,7). The number of carboxylic acids is 2. The van der Waals surface area contributed by atoms with Gasteiger partial charge in [0, 0.05) is 30.4 Å². The van der Waals surface area contributed by atoms with Crippen molar-refractivity contribution in [2.24, 2.45) is 0 Å². The second kappa shape index (κ2) is 10.5. The number of aliphatic hydroxyl groups is 1. The number of carbonyl (C=O) groups is 2. The molecule has 0 radical (unpaired) electrons. The van der Waals surface area contributed by atoms with Crippen LogP contribution in [-0.2, 0) is 11.4 Å². The maximum Gasteiger partial charge on any atom is 0.490 e. The lowest BCUT2D eigenvalue weighted by atomic mass is 9.80. The number of hydrogen-bond acceptors (Lipinski definition) is 7. The fourth-order valence-electron chi connectivity index (χ4n) is 4.86. The molecular formula is C25H22ClF5N4O6. The van der Waals surface area contributed by atoms with Crippen LogP contribution in [0.25, 0.3) is 16.6 Å². The zero-order valence-electron chi connectivity index (χ0n) is 21.1. The molecule has 3 aromatic rings. The number of benzene rings is 2. The summed E-state index contributed by atoms with van der Waals surface area (Å²) < 4.78 is 62.7. The molecule has 2 fully saturated rings. The number of nitrogens with zero attached hydrogens (tertiary/aromatic N) is 2. The second-order valence-corrected chi connectivity index (χ2v) is 10.0. The van der Waals surface area contributed by atoms with Crippen molar-refractivity contribution in [1.82, 2.24) is 9.88 Å². The minimum Gasteiger partial charge on any atom is -0.477 e. The Kier molecular flexibility index (Phi) is 7.66. The first-order chi connectivity index (χ1) is 19.0. The average molecular weight is 605 g/mol. The molecule has 16 heteroatoms. The van der Waals surface area contributed by atoms with Gasteiger partial charge in [-0.2, -0.15) is 13.2 Å². The van der Waals surface area contributed by atoms with Gasteiger partial charge in [0.1, 0.15) is 11.4 Å². The first-order valence-electron chi connectivity index (χ1n) is 11.8. The molecule has 6 N–H and O–H groups in total. The third kappa shape index (κ3) is 5.15. The normalized spacial score (nSPS) is 15.7. The molecule has 0 amide bonds. The van der Waals surface area contributed by atoms with Crippen LogP contribution in [0.2, 0.25) is 5.02 Å². The Balaban J connectivity index is 0.000000493. The smallest absolute Gasteiger partial charge is 0.477 e. The van der Waals surface area contributed by atoms with Crippen LogP contribution < -0.4 is 21.4 Å². The minimum atomic E-state index is -5.08. The Hall–Kier alpha value is -3.95. The predicted octanol–water partition coefficient (Wildman–Crippen LogP) is 3.19. The quantitative estimate of drug-likeness (QED) is 0.223. The highest BCUT2D eigenvalue weighted by Gasteiger charge is 2.48. The average Bonchev–Trinajstić information content (AvgIpc) is 2.83. The summed E-state index contributed by atoms with van der Waals surface area (Å²) >= 11 is 6.73. The van der Waals surface area contributed by atoms with E-state index in [1.54, 1.807) is 4.90 Å². The number of nitrogen functional groups attached to an aromatic ring is 1. The minimum absolute atomic E-state index is 0.0498. The first-order valence-corrected chi connectivity index (χ1v) is 12.2. The Morgan fingerprint density at radius 3 is 2.24 bits per heavy atom. The number of anilines is 2. The van der Waals surface area contributed by atoms with Gasteiger partial charge in [0.2, 0.25) is 5.43 Å². The van der Waals surface area contributed by atoms with Crippen molar-refractivity contribution in [3.63, 3.8) is 0 Å². The summed E-state index contributed by atoms with van der Waals surface area (Å²) in [5.41, 5.74) is 4.17. The van der Waals surface area contributed by atoms with Crippen LogP contribution in [0.1, 0.15) is 27.9 Å². The van der Waals surface area contributed by atoms with Gasteiger partial charge in [0.05, 0.1) is 45.1 Å². The number of nitrogens with two attached hydrogens (primary N) is 1. The number of hydrogen-bond donors (Lipinski definition) is 5. The molecule has 0 unspecified atom stereocenters. The summed E-state index contributed by atoms with van der Waals surface area (Å²) in [6.45, 7) is 2.72. The molecule has 220 valence electrons. The molecule has 0 saturated carbocycles. The lowest BCUT2D eigenvalue weighted by Crippen LogP contribution is -2.76. The van der Waals surface area contributed by atoms with E-state index in [0.717, 1.165) is 25.2 Å². The number of nitrogens with one attached hydrogen (secondary N) is 1. The number of aromatic carboxylic acids is 1. The third-order valence-corrected chi connectivity index (χ3v) is 7.40. The lowest BCUT2D eigenvalue weighted by molar-refractivity contribution is -0.192. The van der Waals surface area contributed by atoms with Gasteiger partial charge in [-0.1, -0.05) is 11.6 Å². The SMILES string of the molecule is Cc1c(F)c(N2CC3(CCN3)C2)c(Cl)c2c1c(=O)c(C(=O)O)cn2-c1cc(N)c(F)cc1CO.O=C(O)C(F)(F)F. The van der Waals surface area contributed by atoms with Gasteiger partial charge >= 0.3 is 18.1 Å². The molecule has 2 aliphatic heterocycles. The van der Waals surface area contributed by atoms with Gasteiger partial charge < -0.3 is 35.8 Å². The Bertz CT molecular complexity index is 1650. The number of alkyl halides is 3. The van der Waals surface area contributed by atoms with Gasteiger partial charge in [0.15, 0.2) is 5.82 Å². The molecule has 3 heterocycles. The fourth-order valence-corrected chi connectivity index (χ4v) is 5.24. The van der Waals surface area contributed by atoms with E-state index in [2.05, 4.69) is 5.32 Å². The van der Waals surface area contributed by atoms with E-state index in [1.807, 2.05) is 0 Å². The van der Waals surface area contributed by atoms with Crippen molar-refractivity contribution in [2.75, 3.05) is 30.3 Å². The van der Waals surface area contributed by atoms with Crippen LogP contribution in [0.15, 0.2) is 23.1 Å². The van der Waals surface area contributed by atoms with Crippen molar-refractivity contribution in [3.05, 3.63) is 61.9 Å². The van der Waals surface area contributed by atoms with Crippen LogP contribution in [0.4, 0.5) is 33.3 Å². The summed E-state index contributed by atoms with van der Waals surface area (Å²) in [5.74, 6) is -5.77. The van der Waals surface area contributed by atoms with Crippen molar-refractivity contribution in [3.8, 4) is 5.69 Å². The Morgan fingerprint density at radius 1 is 1.20 bits per heavy atom. The van der Waals surface area contributed by atoms with Crippen molar-refractivity contribution >= 4 is 45.8 Å². The summed E-state index contributed by atoms with van der Waals surface area (Å²) in [6.07, 6.45) is -3.09. The summed E-state index contributed by atoms with van der Waals surface area (Å²) in [4.78, 5) is 35.6. The molecule has 0 bridgehead atoms. The van der Waals surface area contributed by atoms with E-state index < -0.39 is 47.3 Å². The number of aliphatic hydroxyl groups excluding tert-OH is 1. The van der Waals surface area contributed by atoms with E-state index in [9.17, 15) is 37.4 Å². The third-order valence-electron chi connectivity index (χ3n) is 7.04. The number of rotatable bonds is 4. The van der Waals surface area contributed by atoms with Gasteiger partial charge in [0.25, 0.3) is 0 Å². The van der Waals surface area contributed by atoms with E-state index in [4.69, 9.17) is 27.2 Å². The molecule has 2 aliphatic rings. The van der Waals surface area contributed by atoms with Gasteiger partial charge in [-0.05, 0) is 32.0 Å². The van der Waals surface area contributed by atoms with Crippen molar-refractivity contribution in [2.45, 2.75) is 31.7 Å². The lowest BCUT2D eigenvalue weighted by Gasteiger charge is -2.57. The Morgan fingerprint density at radius 2 is 1.78 bits per heavy atom. The highest BCUT2D eigenvalue weighted by atomic mass is 35.5. The van der Waals surface area contributed by atoms with E-state index >= 15 is 4.39 Å². The van der Waals surface area contributed by atoms with Crippen LogP contribution in [0.3, 0.4) is 0 Å². The van der Waals surface area contributed by atoms with Crippen LogP contribution in [0.5, 0.6) is 0 Å². The Labute approximate surface area is 232 Å². The number of aromatic nitrogens is 1. The first kappa shape index (κ1) is 30.0. The van der Waals surface area contributed by atoms with E-state index in [0.29, 0.717) is 13.1 Å². The van der Waals surface area contributed by atoms with E-state index in [1.165, 1.54) is 17.6 Å². The second-order valence-electron chi connectivity index (χ2n) is 9.65. The predicted molar refractivity (Wildman–Crippen MR) is 138 cm³/mol. The number of halogens is 6. The van der Waals surface area contributed by atoms with Crippen LogP contribution in [0, 0.1) is 18.6 Å². The van der Waals surface area contributed by atoms with Gasteiger partial charge in [-0.3, -0.25) is 4.79 Å². The largest absolute Gasteiger partial charge is 0.490 e. The zero-order valence-corrected chi connectivity index (χ0v) is 21.8. The maximum absolute atomic E-state index is 15.6. The maximum atomic E-state index is 15.6. The molecule has 5 rings (SSSR count). The van der Waals surface area contributed by atoms with E-state index in [-0.39, 0.29) is 49.7 Å². The molecule has 1 aromatic heterocycles.